The lowest BCUT2D eigenvalue weighted by Gasteiger charge is -2.48. The summed E-state index contributed by atoms with van der Waals surface area (Å²) in [4.78, 5) is 59.4. The third-order valence-corrected chi connectivity index (χ3v) is 13.2. The Morgan fingerprint density at radius 3 is 2.25 bits per heavy atom. The average Bonchev–Trinajstić information content (AvgIpc) is 3.48. The van der Waals surface area contributed by atoms with Crippen LogP contribution in [-0.4, -0.2) is 68.9 Å². The van der Waals surface area contributed by atoms with Gasteiger partial charge in [0.25, 0.3) is 0 Å². The minimum absolute atomic E-state index is 0.00729. The fourth-order valence-corrected chi connectivity index (χ4v) is 9.65. The molecule has 2 amide bonds. The van der Waals surface area contributed by atoms with Crippen molar-refractivity contribution >= 4 is 40.2 Å². The van der Waals surface area contributed by atoms with Gasteiger partial charge in [0.05, 0.1) is 11.2 Å². The van der Waals surface area contributed by atoms with Gasteiger partial charge >= 0.3 is 0 Å². The SMILES string of the molecule is C/C=C1/C(=O)c2c(O)c3c(c(CC=C(C)C)c2OC12CC(C)(C)OC2(C/C=C(/C)C(=O)N(C)C(C)C(=O)NCc1cccc2ccccc12)C(=O)C(C)C)OC(C)(CCC=C(C)C)C=C3. The van der Waals surface area contributed by atoms with Gasteiger partial charge in [-0.1, -0.05) is 91.8 Å². The predicted molar refractivity (Wildman–Crippen MR) is 258 cm³/mol. The first-order chi connectivity index (χ1) is 30.5. The molecule has 3 heterocycles. The quantitative estimate of drug-likeness (QED) is 0.121. The Morgan fingerprint density at radius 1 is 0.908 bits per heavy atom. The van der Waals surface area contributed by atoms with E-state index in [0.717, 1.165) is 28.3 Å². The molecule has 3 aliphatic heterocycles. The number of phenolic OH excluding ortho intramolecular Hbond substituents is 1. The van der Waals surface area contributed by atoms with Crippen molar-refractivity contribution in [1.29, 1.82) is 0 Å². The number of ketones is 2. The van der Waals surface area contributed by atoms with Crippen LogP contribution in [0.2, 0.25) is 0 Å². The first kappa shape index (κ1) is 48.7. The van der Waals surface area contributed by atoms with Crippen LogP contribution in [0.15, 0.2) is 95.1 Å². The van der Waals surface area contributed by atoms with Gasteiger partial charge in [0.15, 0.2) is 22.8 Å². The molecule has 65 heavy (non-hydrogen) atoms. The van der Waals surface area contributed by atoms with E-state index in [-0.39, 0.29) is 52.7 Å². The van der Waals surface area contributed by atoms with E-state index in [1.54, 1.807) is 53.8 Å². The molecule has 3 aliphatic rings. The zero-order valence-corrected chi connectivity index (χ0v) is 40.7. The van der Waals surface area contributed by atoms with Gasteiger partial charge < -0.3 is 29.5 Å². The summed E-state index contributed by atoms with van der Waals surface area (Å²) in [7, 11) is 1.58. The maximum absolute atomic E-state index is 15.2. The lowest BCUT2D eigenvalue weighted by molar-refractivity contribution is -0.168. The van der Waals surface area contributed by atoms with Crippen LogP contribution in [-0.2, 0) is 32.1 Å². The zero-order chi connectivity index (χ0) is 47.8. The second-order valence-electron chi connectivity index (χ2n) is 19.7. The van der Waals surface area contributed by atoms with E-state index in [0.29, 0.717) is 36.3 Å². The highest BCUT2D eigenvalue weighted by molar-refractivity contribution is 6.17. The standard InChI is InChI=1S/C55H68N2O8/c1-14-43-46(59)44-45(58)41-27-29-53(12,28-18-19-33(2)3)63-47(41)42(25-24-34(4)5)48(44)64-55(43)32-52(10,11)65-54(55,49(60)35(6)7)30-26-36(8)51(62)57(13)37(9)50(61)56-31-39-22-17-21-38-20-15-16-23-40(38)39/h14-17,19-24,26-27,29,35,37,58H,18,25,28,30-32H2,1-13H3,(H,56,61)/b36-26-,43-14-. The lowest BCUT2D eigenvalue weighted by atomic mass is 9.65. The van der Waals surface area contributed by atoms with Crippen molar-refractivity contribution < 1.29 is 38.5 Å². The third kappa shape index (κ3) is 9.24. The van der Waals surface area contributed by atoms with E-state index >= 15 is 9.59 Å². The molecule has 0 aromatic heterocycles. The molecule has 6 rings (SSSR count). The van der Waals surface area contributed by atoms with Crippen LogP contribution < -0.4 is 14.8 Å². The number of Topliss-reactive ketones (excluding diaryl/α,β-unsaturated/α-hetero) is 2. The highest BCUT2D eigenvalue weighted by atomic mass is 16.6. The summed E-state index contributed by atoms with van der Waals surface area (Å²) in [5, 5.41) is 17.2. The van der Waals surface area contributed by atoms with Crippen molar-refractivity contribution in [2.75, 3.05) is 7.05 Å². The Hall–Kier alpha value is -5.74. The van der Waals surface area contributed by atoms with Crippen LogP contribution in [0.25, 0.3) is 16.8 Å². The maximum atomic E-state index is 15.2. The molecule has 1 fully saturated rings. The Labute approximate surface area is 385 Å². The second kappa shape index (κ2) is 18.6. The summed E-state index contributed by atoms with van der Waals surface area (Å²) in [5.74, 6) is -1.76. The number of nitrogens with one attached hydrogen (secondary N) is 1. The number of allylic oxidation sites excluding steroid dienone is 5. The van der Waals surface area contributed by atoms with Gasteiger partial charge in [0.2, 0.25) is 11.8 Å². The summed E-state index contributed by atoms with van der Waals surface area (Å²) in [6, 6.07) is 13.1. The number of hydrogen-bond acceptors (Lipinski definition) is 8. The fraction of sp³-hybridized carbons (Fsp3) is 0.455. The molecule has 3 aromatic carbocycles. The monoisotopic (exact) mass is 884 g/mol. The largest absolute Gasteiger partial charge is 0.506 e. The van der Waals surface area contributed by atoms with Crippen molar-refractivity contribution in [2.24, 2.45) is 5.92 Å². The number of benzene rings is 3. The van der Waals surface area contributed by atoms with E-state index < -0.39 is 46.1 Å². The summed E-state index contributed by atoms with van der Waals surface area (Å²) in [6.45, 7) is 22.8. The average molecular weight is 885 g/mol. The van der Waals surface area contributed by atoms with Gasteiger partial charge in [-0.2, -0.15) is 0 Å². The van der Waals surface area contributed by atoms with Crippen LogP contribution in [0.1, 0.15) is 136 Å². The number of hydrogen-bond donors (Lipinski definition) is 2. The molecule has 1 spiro atoms. The highest BCUT2D eigenvalue weighted by Crippen LogP contribution is 2.61. The Morgan fingerprint density at radius 2 is 1.58 bits per heavy atom. The number of aromatic hydroxyl groups is 1. The molecule has 1 saturated heterocycles. The summed E-state index contributed by atoms with van der Waals surface area (Å²) in [5.41, 5.74) is -0.545. The molecule has 4 unspecified atom stereocenters. The zero-order valence-electron chi connectivity index (χ0n) is 40.7. The molecular formula is C55H68N2O8. The first-order valence-corrected chi connectivity index (χ1v) is 22.9. The van der Waals surface area contributed by atoms with E-state index in [4.69, 9.17) is 14.2 Å². The van der Waals surface area contributed by atoms with Crippen LogP contribution in [0.5, 0.6) is 17.2 Å². The number of carbonyl (C=O) groups is 4. The smallest absolute Gasteiger partial charge is 0.249 e. The van der Waals surface area contributed by atoms with Crippen molar-refractivity contribution in [1.82, 2.24) is 10.2 Å². The number of carbonyl (C=O) groups excluding carboxylic acids is 4. The minimum atomic E-state index is -1.81. The Bertz CT molecular complexity index is 2560. The first-order valence-electron chi connectivity index (χ1n) is 22.9. The van der Waals surface area contributed by atoms with Crippen molar-refractivity contribution in [3.05, 3.63) is 117 Å². The van der Waals surface area contributed by atoms with E-state index in [2.05, 4.69) is 25.2 Å². The van der Waals surface area contributed by atoms with Gasteiger partial charge in [-0.3, -0.25) is 19.2 Å². The van der Waals surface area contributed by atoms with E-state index in [9.17, 15) is 14.7 Å². The maximum Gasteiger partial charge on any atom is 0.249 e. The minimum Gasteiger partial charge on any atom is -0.506 e. The molecule has 0 saturated carbocycles. The lowest BCUT2D eigenvalue weighted by Crippen LogP contribution is -2.64. The third-order valence-electron chi connectivity index (χ3n) is 13.2. The number of rotatable bonds is 14. The summed E-state index contributed by atoms with van der Waals surface area (Å²) < 4.78 is 21.2. The molecule has 0 bridgehead atoms. The molecule has 2 N–H and O–H groups in total. The molecule has 0 radical (unpaired) electrons. The fourth-order valence-electron chi connectivity index (χ4n) is 9.65. The van der Waals surface area contributed by atoms with Gasteiger partial charge in [0, 0.05) is 49.1 Å². The number of amides is 2. The predicted octanol–water partition coefficient (Wildman–Crippen LogP) is 10.9. The van der Waals surface area contributed by atoms with Crippen molar-refractivity contribution in [2.45, 2.75) is 150 Å². The number of nitrogens with zero attached hydrogens (tertiary/aromatic N) is 1. The molecule has 346 valence electrons. The van der Waals surface area contributed by atoms with Crippen LogP contribution in [0.3, 0.4) is 0 Å². The summed E-state index contributed by atoms with van der Waals surface area (Å²) in [6.07, 6.45) is 13.0. The van der Waals surface area contributed by atoms with Gasteiger partial charge in [0.1, 0.15) is 34.5 Å². The van der Waals surface area contributed by atoms with Gasteiger partial charge in [-0.15, -0.1) is 0 Å². The van der Waals surface area contributed by atoms with Crippen molar-refractivity contribution in [3.8, 4) is 17.2 Å². The molecular weight excluding hydrogens is 817 g/mol. The van der Waals surface area contributed by atoms with Gasteiger partial charge in [-0.05, 0) is 117 Å². The topological polar surface area (TPSA) is 131 Å². The molecule has 0 aliphatic carbocycles. The van der Waals surface area contributed by atoms with Crippen LogP contribution >= 0.6 is 0 Å². The number of phenols is 1. The highest BCUT2D eigenvalue weighted by Gasteiger charge is 2.71. The molecule has 10 nitrogen and oxygen atoms in total. The number of ether oxygens (including phenoxy) is 3. The second-order valence-corrected chi connectivity index (χ2v) is 19.7. The molecule has 3 aromatic rings. The number of likely N-dealkylation sites (N-methyl/N-ethyl adjacent to an activating group) is 1. The van der Waals surface area contributed by atoms with Crippen molar-refractivity contribution in [3.63, 3.8) is 0 Å². The van der Waals surface area contributed by atoms with Crippen LogP contribution in [0, 0.1) is 5.92 Å². The number of fused-ring (bicyclic) bond motifs is 3. The molecule has 10 heteroatoms. The Kier molecular flexibility index (Phi) is 14.0. The Balaban J connectivity index is 1.40. The van der Waals surface area contributed by atoms with E-state index in [1.807, 2.05) is 95.3 Å². The van der Waals surface area contributed by atoms with Crippen LogP contribution in [0.4, 0.5) is 0 Å². The molecule has 4 atom stereocenters. The summed E-state index contributed by atoms with van der Waals surface area (Å²) >= 11 is 0. The van der Waals surface area contributed by atoms with E-state index in [1.165, 1.54) is 10.5 Å². The normalized spacial score (nSPS) is 23.1. The van der Waals surface area contributed by atoms with Gasteiger partial charge in [-0.25, -0.2) is 0 Å².